The van der Waals surface area contributed by atoms with Crippen LogP contribution in [0.2, 0.25) is 0 Å². The largest absolute Gasteiger partial charge is 0.394 e. The molecule has 1 spiro atoms. The number of carbonyl (C=O) groups is 1. The minimum Gasteiger partial charge on any atom is -0.394 e. The fraction of sp³-hybridized carbons (Fsp3) is 0.978. The summed E-state index contributed by atoms with van der Waals surface area (Å²) in [7, 11) is 0. The molecule has 0 aromatic rings. The monoisotopic (exact) mass is 916 g/mol. The fourth-order valence-electron chi connectivity index (χ4n) is 14.3. The van der Waals surface area contributed by atoms with Gasteiger partial charge in [-0.15, -0.1) is 0 Å². The molecule has 4 saturated carbocycles. The van der Waals surface area contributed by atoms with Crippen LogP contribution >= 0.6 is 0 Å². The van der Waals surface area contributed by atoms with Crippen LogP contribution < -0.4 is 0 Å². The predicted octanol–water partition coefficient (Wildman–Crippen LogP) is -1.55. The Labute approximate surface area is 373 Å². The van der Waals surface area contributed by atoms with Crippen molar-refractivity contribution in [2.75, 3.05) is 26.4 Å². The maximum absolute atomic E-state index is 14.7. The van der Waals surface area contributed by atoms with Crippen LogP contribution in [0.25, 0.3) is 0 Å². The molecule has 19 nitrogen and oxygen atoms in total. The summed E-state index contributed by atoms with van der Waals surface area (Å²) >= 11 is 0. The molecule has 0 aromatic carbocycles. The van der Waals surface area contributed by atoms with Gasteiger partial charge in [-0.3, -0.25) is 4.79 Å². The van der Waals surface area contributed by atoms with Gasteiger partial charge in [-0.05, 0) is 80.0 Å². The minimum atomic E-state index is -1.89. The third-order valence-corrected chi connectivity index (χ3v) is 18.2. The van der Waals surface area contributed by atoms with Crippen molar-refractivity contribution in [1.29, 1.82) is 0 Å². The van der Waals surface area contributed by atoms with E-state index in [0.717, 1.165) is 38.5 Å². The number of ether oxygens (including phenoxy) is 8. The molecule has 19 heteroatoms. The molecule has 9 aliphatic rings. The molecule has 0 aromatic heterocycles. The van der Waals surface area contributed by atoms with Crippen molar-refractivity contribution in [1.82, 2.24) is 0 Å². The number of Topliss-reactive ketones (excluding diaryl/α,β-unsaturated/α-hetero) is 1. The quantitative estimate of drug-likeness (QED) is 0.117. The highest BCUT2D eigenvalue weighted by Gasteiger charge is 2.72. The highest BCUT2D eigenvalue weighted by atomic mass is 16.8. The van der Waals surface area contributed by atoms with Crippen molar-refractivity contribution in [3.8, 4) is 0 Å². The highest BCUT2D eigenvalue weighted by Crippen LogP contribution is 2.70. The Hall–Kier alpha value is -1.05. The topological polar surface area (TPSA) is 293 Å². The van der Waals surface area contributed by atoms with E-state index in [2.05, 4.69) is 27.7 Å². The van der Waals surface area contributed by atoms with Crippen LogP contribution in [0.15, 0.2) is 0 Å². The van der Waals surface area contributed by atoms with E-state index in [-0.39, 0.29) is 41.1 Å². The maximum atomic E-state index is 14.7. The molecule has 0 amide bonds. The van der Waals surface area contributed by atoms with Gasteiger partial charge in [0.15, 0.2) is 24.7 Å². The molecule has 9 fully saturated rings. The number of rotatable bonds is 9. The zero-order valence-corrected chi connectivity index (χ0v) is 37.2. The van der Waals surface area contributed by atoms with Crippen LogP contribution in [-0.2, 0) is 42.7 Å². The Balaban J connectivity index is 0.937. The van der Waals surface area contributed by atoms with Gasteiger partial charge in [0.05, 0.1) is 38.6 Å². The second-order valence-corrected chi connectivity index (χ2v) is 21.4. The van der Waals surface area contributed by atoms with Crippen molar-refractivity contribution in [3.05, 3.63) is 0 Å². The van der Waals surface area contributed by atoms with E-state index in [0.29, 0.717) is 43.5 Å². The van der Waals surface area contributed by atoms with E-state index >= 15 is 0 Å². The molecule has 0 bridgehead atoms. The molecule has 5 aliphatic heterocycles. The molecule has 4 aliphatic carbocycles. The molecule has 5 saturated heterocycles. The zero-order chi connectivity index (χ0) is 45.8. The van der Waals surface area contributed by atoms with Crippen LogP contribution in [0.3, 0.4) is 0 Å². The SMILES string of the molecule is CC1CCC2(OC1)O[C@H]1C[C@H]3[C@@H]4CC[C@H]5C[C@@H](O[C@@H]6O[C@H](CO)[C@H](O)[C@H](O[C@@H]7O[C@H](CO)[C@@H](O)[C@H](O)[C@H]7O)[C@H]6O[C@@H]6O[C@H](CO)[C@@H](O)[C@H](O)[C@H]6O)CC[C@]5(C)[C@H]4CC(=O)[C@]3(C)[C@H]1[C@@H]2C. The molecule has 366 valence electrons. The van der Waals surface area contributed by atoms with Crippen molar-refractivity contribution in [2.24, 2.45) is 52.3 Å². The van der Waals surface area contributed by atoms with Crippen LogP contribution in [0.4, 0.5) is 0 Å². The van der Waals surface area contributed by atoms with Gasteiger partial charge in [-0.2, -0.15) is 0 Å². The second kappa shape index (κ2) is 18.0. The first-order valence-electron chi connectivity index (χ1n) is 23.8. The average molecular weight is 917 g/mol. The Morgan fingerprint density at radius 1 is 0.641 bits per heavy atom. The lowest BCUT2D eigenvalue weighted by atomic mass is 9.44. The molecule has 9 rings (SSSR count). The molecule has 2 unspecified atom stereocenters. The number of carbonyl (C=O) groups excluding carboxylic acids is 1. The lowest BCUT2D eigenvalue weighted by molar-refractivity contribution is -0.396. The average Bonchev–Trinajstić information content (AvgIpc) is 3.73. The van der Waals surface area contributed by atoms with E-state index in [4.69, 9.17) is 37.9 Å². The van der Waals surface area contributed by atoms with Crippen molar-refractivity contribution >= 4 is 5.78 Å². The van der Waals surface area contributed by atoms with Crippen LogP contribution in [0, 0.1) is 52.3 Å². The fourth-order valence-corrected chi connectivity index (χ4v) is 14.3. The number of ketones is 1. The molecular formula is C45H72O19. The lowest BCUT2D eigenvalue weighted by Crippen LogP contribution is -2.67. The Kier molecular flexibility index (Phi) is 13.5. The number of hydrogen-bond acceptors (Lipinski definition) is 19. The predicted molar refractivity (Wildman–Crippen MR) is 216 cm³/mol. The van der Waals surface area contributed by atoms with Crippen molar-refractivity contribution in [3.63, 3.8) is 0 Å². The Morgan fingerprint density at radius 3 is 1.83 bits per heavy atom. The van der Waals surface area contributed by atoms with Gasteiger partial charge in [0, 0.05) is 30.1 Å². The minimum absolute atomic E-state index is 0.0146. The van der Waals surface area contributed by atoms with Gasteiger partial charge in [0.25, 0.3) is 0 Å². The summed E-state index contributed by atoms with van der Waals surface area (Å²) in [6.07, 6.45) is -18.4. The van der Waals surface area contributed by atoms with Gasteiger partial charge >= 0.3 is 0 Å². The van der Waals surface area contributed by atoms with E-state index in [1.807, 2.05) is 0 Å². The van der Waals surface area contributed by atoms with Crippen LogP contribution in [0.5, 0.6) is 0 Å². The highest BCUT2D eigenvalue weighted by molar-refractivity contribution is 5.87. The Morgan fingerprint density at radius 2 is 1.23 bits per heavy atom. The summed E-state index contributed by atoms with van der Waals surface area (Å²) in [6.45, 7) is 7.37. The number of aliphatic hydroxyl groups excluding tert-OH is 10. The summed E-state index contributed by atoms with van der Waals surface area (Å²) in [5.74, 6) is 1.32. The summed E-state index contributed by atoms with van der Waals surface area (Å²) in [6, 6.07) is 0. The molecule has 0 radical (unpaired) electrons. The van der Waals surface area contributed by atoms with E-state index < -0.39 is 129 Å². The lowest BCUT2D eigenvalue weighted by Gasteiger charge is -2.61. The summed E-state index contributed by atoms with van der Waals surface area (Å²) < 4.78 is 49.8. The summed E-state index contributed by atoms with van der Waals surface area (Å²) in [5.41, 5.74) is -0.660. The van der Waals surface area contributed by atoms with Gasteiger partial charge in [0.2, 0.25) is 0 Å². The van der Waals surface area contributed by atoms with E-state index in [1.54, 1.807) is 0 Å². The molecular weight excluding hydrogens is 844 g/mol. The smallest absolute Gasteiger partial charge is 0.187 e. The number of fused-ring (bicyclic) bond motifs is 7. The Bertz CT molecular complexity index is 1650. The van der Waals surface area contributed by atoms with E-state index in [9.17, 15) is 55.9 Å². The zero-order valence-electron chi connectivity index (χ0n) is 37.2. The summed E-state index contributed by atoms with van der Waals surface area (Å²) in [4.78, 5) is 14.7. The third-order valence-electron chi connectivity index (χ3n) is 18.2. The third kappa shape index (κ3) is 7.67. The first-order valence-corrected chi connectivity index (χ1v) is 23.8. The standard InChI is InChI=1S/C45H72O19/c1-18-7-10-45(57-17-18)19(2)30-25(64-45)12-24-22-6-5-20-11-21(8-9-43(20,3)23(22)13-29(49)44(24,30)4)58-42-39(63-41-37(56)35(54)32(51)27(15-47)60-41)38(33(52)28(16-48)61-42)62-40-36(55)34(53)31(50)26(14-46)59-40/h18-28,30-42,46-48,50-56H,5-17H2,1-4H3/t18?,19-,20-,21-,22+,23-,24-,25-,26+,27+,28+,30-,31+,32+,33-,34-,35-,36+,37+,38-,39+,40-,41-,42+,43-,44+,45?/m0/s1. The molecule has 5 heterocycles. The second-order valence-electron chi connectivity index (χ2n) is 21.4. The number of hydrogen-bond donors (Lipinski definition) is 10. The van der Waals surface area contributed by atoms with Gasteiger partial charge in [0.1, 0.15) is 79.0 Å². The van der Waals surface area contributed by atoms with Gasteiger partial charge in [-0.1, -0.05) is 27.7 Å². The molecule has 27 atom stereocenters. The normalized spacial score (nSPS) is 57.5. The van der Waals surface area contributed by atoms with Crippen molar-refractivity contribution in [2.45, 2.75) is 196 Å². The van der Waals surface area contributed by atoms with Crippen LogP contribution in [-0.4, -0.2) is 193 Å². The van der Waals surface area contributed by atoms with Gasteiger partial charge < -0.3 is 89.0 Å². The van der Waals surface area contributed by atoms with Gasteiger partial charge in [-0.25, -0.2) is 0 Å². The van der Waals surface area contributed by atoms with Crippen LogP contribution in [0.1, 0.15) is 85.5 Å². The number of aliphatic hydroxyl groups is 10. The molecule has 64 heavy (non-hydrogen) atoms. The summed E-state index contributed by atoms with van der Waals surface area (Å²) in [5, 5.41) is 106. The molecule has 10 N–H and O–H groups in total. The van der Waals surface area contributed by atoms with E-state index in [1.165, 1.54) is 0 Å². The van der Waals surface area contributed by atoms with Crippen molar-refractivity contribution < 1.29 is 93.8 Å². The maximum Gasteiger partial charge on any atom is 0.187 e. The first-order chi connectivity index (χ1) is 30.4. The first kappa shape index (κ1) is 48.0.